The number of hydrogen-bond donors (Lipinski definition) is 1. The molecule has 1 atom stereocenters. The summed E-state index contributed by atoms with van der Waals surface area (Å²) in [5.41, 5.74) is 1.82. The van der Waals surface area contributed by atoms with E-state index in [1.54, 1.807) is 23.9 Å². The number of rotatable bonds is 5. The molecule has 20 heavy (non-hydrogen) atoms. The van der Waals surface area contributed by atoms with Gasteiger partial charge in [0, 0.05) is 28.1 Å². The van der Waals surface area contributed by atoms with Crippen LogP contribution >= 0.6 is 23.4 Å². The largest absolute Gasteiger partial charge is 0.306 e. The van der Waals surface area contributed by atoms with Crippen LogP contribution in [0.4, 0.5) is 4.39 Å². The number of nitrogens with one attached hydrogen (secondary N) is 1. The van der Waals surface area contributed by atoms with Gasteiger partial charge in [0.25, 0.3) is 0 Å². The van der Waals surface area contributed by atoms with Gasteiger partial charge in [0.15, 0.2) is 0 Å². The van der Waals surface area contributed by atoms with E-state index >= 15 is 0 Å². The first-order valence-corrected chi connectivity index (χ1v) is 8.01. The lowest BCUT2D eigenvalue weighted by Crippen LogP contribution is -2.18. The molecule has 0 aromatic heterocycles. The summed E-state index contributed by atoms with van der Waals surface area (Å²) in [5, 5.41) is 3.75. The van der Waals surface area contributed by atoms with Gasteiger partial charge in [-0.25, -0.2) is 4.39 Å². The normalized spacial score (nSPS) is 12.4. The van der Waals surface area contributed by atoms with E-state index in [1.165, 1.54) is 16.5 Å². The highest BCUT2D eigenvalue weighted by atomic mass is 35.5. The summed E-state index contributed by atoms with van der Waals surface area (Å²) in [6.07, 6.45) is 2.06. The Hall–Kier alpha value is -1.03. The minimum atomic E-state index is -0.269. The third kappa shape index (κ3) is 3.98. The van der Waals surface area contributed by atoms with Crippen molar-refractivity contribution >= 4 is 23.4 Å². The molecule has 1 nitrogen and oxygen atoms in total. The molecule has 4 heteroatoms. The predicted octanol–water partition coefficient (Wildman–Crippen LogP) is 5.05. The molecular weight excluding hydrogens is 293 g/mol. The highest BCUT2D eigenvalue weighted by Crippen LogP contribution is 2.20. The van der Waals surface area contributed by atoms with Crippen LogP contribution in [0.15, 0.2) is 47.4 Å². The van der Waals surface area contributed by atoms with Crippen LogP contribution in [0.1, 0.15) is 24.1 Å². The van der Waals surface area contributed by atoms with Crippen LogP contribution in [0, 0.1) is 5.82 Å². The van der Waals surface area contributed by atoms with Crippen LogP contribution in [0.3, 0.4) is 0 Å². The maximum absolute atomic E-state index is 13.7. The standard InChI is InChI=1S/C16H17ClFNS/c1-11(12-4-7-15(20-2)8-5-12)19-10-13-3-6-14(17)9-16(13)18/h3-9,11,19H,10H2,1-2H3. The van der Waals surface area contributed by atoms with E-state index in [-0.39, 0.29) is 11.9 Å². The summed E-state index contributed by atoms with van der Waals surface area (Å²) in [6.45, 7) is 2.55. The van der Waals surface area contributed by atoms with Gasteiger partial charge in [-0.15, -0.1) is 11.8 Å². The van der Waals surface area contributed by atoms with Crippen molar-refractivity contribution in [3.63, 3.8) is 0 Å². The summed E-state index contributed by atoms with van der Waals surface area (Å²) >= 11 is 7.46. The zero-order chi connectivity index (χ0) is 14.5. The van der Waals surface area contributed by atoms with Crippen LogP contribution in [0.2, 0.25) is 5.02 Å². The maximum atomic E-state index is 13.7. The molecule has 0 aliphatic heterocycles. The summed E-state index contributed by atoms with van der Waals surface area (Å²) in [7, 11) is 0. The van der Waals surface area contributed by atoms with Crippen LogP contribution in [-0.2, 0) is 6.54 Å². The minimum absolute atomic E-state index is 0.168. The molecule has 2 aromatic carbocycles. The van der Waals surface area contributed by atoms with E-state index in [4.69, 9.17) is 11.6 Å². The predicted molar refractivity (Wildman–Crippen MR) is 84.9 cm³/mol. The van der Waals surface area contributed by atoms with Gasteiger partial charge < -0.3 is 5.32 Å². The van der Waals surface area contributed by atoms with E-state index in [0.717, 1.165) is 0 Å². The quantitative estimate of drug-likeness (QED) is 0.775. The molecule has 0 bridgehead atoms. The first-order valence-electron chi connectivity index (χ1n) is 6.41. The number of halogens is 2. The molecule has 0 spiro atoms. The first kappa shape index (κ1) is 15.4. The monoisotopic (exact) mass is 309 g/mol. The molecule has 2 rings (SSSR count). The second-order valence-electron chi connectivity index (χ2n) is 4.61. The Morgan fingerprint density at radius 2 is 1.90 bits per heavy atom. The fourth-order valence-electron chi connectivity index (χ4n) is 1.94. The lowest BCUT2D eigenvalue weighted by atomic mass is 10.1. The second-order valence-corrected chi connectivity index (χ2v) is 5.93. The fraction of sp³-hybridized carbons (Fsp3) is 0.250. The van der Waals surface area contributed by atoms with Gasteiger partial charge in [-0.3, -0.25) is 0 Å². The molecule has 1 N–H and O–H groups in total. The molecule has 0 heterocycles. The number of thioether (sulfide) groups is 1. The van der Waals surface area contributed by atoms with E-state index in [9.17, 15) is 4.39 Å². The van der Waals surface area contributed by atoms with Crippen molar-refractivity contribution in [3.05, 3.63) is 64.4 Å². The van der Waals surface area contributed by atoms with Crippen LogP contribution < -0.4 is 5.32 Å². The van der Waals surface area contributed by atoms with Gasteiger partial charge in [-0.2, -0.15) is 0 Å². The topological polar surface area (TPSA) is 12.0 Å². The van der Waals surface area contributed by atoms with Crippen molar-refractivity contribution in [1.29, 1.82) is 0 Å². The molecule has 0 aliphatic rings. The van der Waals surface area contributed by atoms with Crippen molar-refractivity contribution in [3.8, 4) is 0 Å². The maximum Gasteiger partial charge on any atom is 0.129 e. The number of benzene rings is 2. The van der Waals surface area contributed by atoms with E-state index in [1.807, 2.05) is 0 Å². The summed E-state index contributed by atoms with van der Waals surface area (Å²) < 4.78 is 13.7. The Bertz CT molecular complexity index is 571. The van der Waals surface area contributed by atoms with E-state index in [0.29, 0.717) is 17.1 Å². The van der Waals surface area contributed by atoms with Gasteiger partial charge in [0.05, 0.1) is 0 Å². The zero-order valence-corrected chi connectivity index (χ0v) is 13.1. The molecule has 2 aromatic rings. The molecule has 0 saturated heterocycles. The van der Waals surface area contributed by atoms with E-state index in [2.05, 4.69) is 42.8 Å². The first-order chi connectivity index (χ1) is 9.60. The molecule has 0 radical (unpaired) electrons. The molecule has 1 unspecified atom stereocenters. The average Bonchev–Trinajstić information content (AvgIpc) is 2.46. The summed E-state index contributed by atoms with van der Waals surface area (Å²) in [5.74, 6) is -0.269. The van der Waals surface area contributed by atoms with Crippen LogP contribution in [-0.4, -0.2) is 6.26 Å². The SMILES string of the molecule is CSc1ccc(C(C)NCc2ccc(Cl)cc2F)cc1. The highest BCUT2D eigenvalue weighted by molar-refractivity contribution is 7.98. The third-order valence-electron chi connectivity index (χ3n) is 3.23. The minimum Gasteiger partial charge on any atom is -0.306 e. The lowest BCUT2D eigenvalue weighted by Gasteiger charge is -2.15. The zero-order valence-electron chi connectivity index (χ0n) is 11.5. The Balaban J connectivity index is 1.98. The molecule has 106 valence electrons. The van der Waals surface area contributed by atoms with Crippen molar-refractivity contribution in [1.82, 2.24) is 5.32 Å². The number of hydrogen-bond acceptors (Lipinski definition) is 2. The van der Waals surface area contributed by atoms with Gasteiger partial charge in [0.2, 0.25) is 0 Å². The molecule has 0 saturated carbocycles. The van der Waals surface area contributed by atoms with Gasteiger partial charge in [-0.1, -0.05) is 29.8 Å². The second kappa shape index (κ2) is 7.11. The smallest absolute Gasteiger partial charge is 0.129 e. The lowest BCUT2D eigenvalue weighted by molar-refractivity contribution is 0.544. The average molecular weight is 310 g/mol. The molecule has 0 amide bonds. The van der Waals surface area contributed by atoms with Crippen molar-refractivity contribution in [2.45, 2.75) is 24.4 Å². The highest BCUT2D eigenvalue weighted by Gasteiger charge is 2.07. The summed E-state index contributed by atoms with van der Waals surface area (Å²) in [4.78, 5) is 1.24. The van der Waals surface area contributed by atoms with Gasteiger partial charge in [-0.05, 0) is 43.0 Å². The van der Waals surface area contributed by atoms with Crippen LogP contribution in [0.25, 0.3) is 0 Å². The molecular formula is C16H17ClFNS. The van der Waals surface area contributed by atoms with Crippen LogP contribution in [0.5, 0.6) is 0 Å². The fourth-order valence-corrected chi connectivity index (χ4v) is 2.51. The Kier molecular flexibility index (Phi) is 5.46. The third-order valence-corrected chi connectivity index (χ3v) is 4.21. The molecule has 0 aliphatic carbocycles. The Morgan fingerprint density at radius 3 is 2.50 bits per heavy atom. The Labute approximate surface area is 128 Å². The van der Waals surface area contributed by atoms with Crippen molar-refractivity contribution in [2.24, 2.45) is 0 Å². The Morgan fingerprint density at radius 1 is 1.20 bits per heavy atom. The van der Waals surface area contributed by atoms with Gasteiger partial charge >= 0.3 is 0 Å². The van der Waals surface area contributed by atoms with Crippen molar-refractivity contribution < 1.29 is 4.39 Å². The molecule has 0 fully saturated rings. The van der Waals surface area contributed by atoms with Gasteiger partial charge in [0.1, 0.15) is 5.82 Å². The summed E-state index contributed by atoms with van der Waals surface area (Å²) in [6, 6.07) is 13.3. The van der Waals surface area contributed by atoms with E-state index < -0.39 is 0 Å². The van der Waals surface area contributed by atoms with Crippen molar-refractivity contribution in [2.75, 3.05) is 6.26 Å².